The van der Waals surface area contributed by atoms with Crippen molar-refractivity contribution in [3.63, 3.8) is 0 Å². The summed E-state index contributed by atoms with van der Waals surface area (Å²) in [5.41, 5.74) is -0.152. The van der Waals surface area contributed by atoms with Gasteiger partial charge < -0.3 is 0 Å². The van der Waals surface area contributed by atoms with Crippen molar-refractivity contribution in [1.29, 1.82) is 0 Å². The van der Waals surface area contributed by atoms with Gasteiger partial charge in [0.15, 0.2) is 5.82 Å². The second kappa shape index (κ2) is 6.59. The van der Waals surface area contributed by atoms with Gasteiger partial charge in [-0.15, -0.1) is 5.10 Å². The molecule has 4 nitrogen and oxygen atoms in total. The number of halogens is 3. The molecule has 0 aliphatic heterocycles. The molecule has 126 valence electrons. The van der Waals surface area contributed by atoms with Crippen molar-refractivity contribution in [3.05, 3.63) is 47.8 Å². The summed E-state index contributed by atoms with van der Waals surface area (Å²) in [6.07, 6.45) is 5.64. The molecule has 3 aromatic rings. The lowest BCUT2D eigenvalue weighted by Crippen LogP contribution is -2.00. The van der Waals surface area contributed by atoms with Crippen molar-refractivity contribution >= 4 is 5.78 Å². The van der Waals surface area contributed by atoms with Crippen LogP contribution in [0.25, 0.3) is 16.9 Å². The largest absolute Gasteiger partial charge is 0.252 e. The number of hydrogen-bond acceptors (Lipinski definition) is 3. The molecule has 2 heterocycles. The predicted octanol–water partition coefficient (Wildman–Crippen LogP) is 4.50. The van der Waals surface area contributed by atoms with Gasteiger partial charge in [0.1, 0.15) is 17.5 Å². The minimum Gasteiger partial charge on any atom is -0.219 e. The van der Waals surface area contributed by atoms with Crippen LogP contribution in [0.1, 0.15) is 44.9 Å². The van der Waals surface area contributed by atoms with E-state index in [0.29, 0.717) is 23.7 Å². The van der Waals surface area contributed by atoms with Crippen molar-refractivity contribution in [1.82, 2.24) is 19.6 Å². The maximum absolute atomic E-state index is 13.9. The maximum Gasteiger partial charge on any atom is 0.252 e. The van der Waals surface area contributed by atoms with E-state index in [1.807, 2.05) is 0 Å². The standard InChI is InChI=1S/C17H17F3N4/c1-3-5-10(4-2)16-22-17-21-8-11(9-24(17)23-16)15-13(19)6-12(18)7-14(15)20/h6-10H,3-5H2,1-2H3. The summed E-state index contributed by atoms with van der Waals surface area (Å²) in [5.74, 6) is -1.66. The van der Waals surface area contributed by atoms with Gasteiger partial charge in [0.2, 0.25) is 0 Å². The first-order valence-corrected chi connectivity index (χ1v) is 7.90. The Morgan fingerprint density at radius 2 is 1.83 bits per heavy atom. The van der Waals surface area contributed by atoms with Gasteiger partial charge in [-0.3, -0.25) is 0 Å². The van der Waals surface area contributed by atoms with E-state index in [0.717, 1.165) is 19.3 Å². The molecule has 0 N–H and O–H groups in total. The van der Waals surface area contributed by atoms with Crippen LogP contribution < -0.4 is 0 Å². The lowest BCUT2D eigenvalue weighted by atomic mass is 10.0. The summed E-state index contributed by atoms with van der Waals surface area (Å²) >= 11 is 0. The molecule has 1 atom stereocenters. The van der Waals surface area contributed by atoms with Gasteiger partial charge >= 0.3 is 0 Å². The number of aromatic nitrogens is 4. The normalized spacial score (nSPS) is 12.7. The second-order valence-electron chi connectivity index (χ2n) is 5.70. The highest BCUT2D eigenvalue weighted by atomic mass is 19.1. The fourth-order valence-corrected chi connectivity index (χ4v) is 2.78. The fraction of sp³-hybridized carbons (Fsp3) is 0.353. The van der Waals surface area contributed by atoms with Crippen molar-refractivity contribution < 1.29 is 13.2 Å². The molecule has 3 rings (SSSR count). The number of fused-ring (bicyclic) bond motifs is 1. The SMILES string of the molecule is CCCC(CC)c1nc2ncc(-c3c(F)cc(F)cc3F)cn2n1. The molecule has 0 saturated heterocycles. The zero-order chi connectivity index (χ0) is 17.3. The quantitative estimate of drug-likeness (QED) is 0.690. The number of rotatable bonds is 5. The molecular weight excluding hydrogens is 317 g/mol. The van der Waals surface area contributed by atoms with Gasteiger partial charge in [0.25, 0.3) is 5.78 Å². The molecule has 0 saturated carbocycles. The average Bonchev–Trinajstić information content (AvgIpc) is 2.94. The minimum absolute atomic E-state index is 0.178. The molecule has 1 aromatic carbocycles. The van der Waals surface area contributed by atoms with Crippen molar-refractivity contribution in [2.24, 2.45) is 0 Å². The molecule has 24 heavy (non-hydrogen) atoms. The molecule has 0 aliphatic carbocycles. The van der Waals surface area contributed by atoms with E-state index in [-0.39, 0.29) is 17.0 Å². The molecule has 1 unspecified atom stereocenters. The van der Waals surface area contributed by atoms with Crippen LogP contribution in [-0.4, -0.2) is 19.6 Å². The Hall–Kier alpha value is -2.44. The lowest BCUT2D eigenvalue weighted by molar-refractivity contribution is 0.547. The number of benzene rings is 1. The van der Waals surface area contributed by atoms with Crippen LogP contribution in [0.15, 0.2) is 24.5 Å². The zero-order valence-electron chi connectivity index (χ0n) is 13.4. The van der Waals surface area contributed by atoms with Crippen molar-refractivity contribution in [3.8, 4) is 11.1 Å². The van der Waals surface area contributed by atoms with Crippen LogP contribution in [0.2, 0.25) is 0 Å². The molecule has 0 radical (unpaired) electrons. The summed E-state index contributed by atoms with van der Waals surface area (Å²) in [4.78, 5) is 8.51. The monoisotopic (exact) mass is 334 g/mol. The summed E-state index contributed by atoms with van der Waals surface area (Å²) < 4.78 is 42.3. The van der Waals surface area contributed by atoms with Gasteiger partial charge in [-0.25, -0.2) is 22.7 Å². The predicted molar refractivity (Wildman–Crippen MR) is 84.0 cm³/mol. The van der Waals surface area contributed by atoms with Gasteiger partial charge in [-0.2, -0.15) is 4.98 Å². The van der Waals surface area contributed by atoms with Gasteiger partial charge in [-0.05, 0) is 12.8 Å². The summed E-state index contributed by atoms with van der Waals surface area (Å²) in [7, 11) is 0. The Morgan fingerprint density at radius 3 is 2.46 bits per heavy atom. The Balaban J connectivity index is 2.06. The van der Waals surface area contributed by atoms with Gasteiger partial charge in [0.05, 0.1) is 5.56 Å². The zero-order valence-corrected chi connectivity index (χ0v) is 13.4. The molecule has 7 heteroatoms. The summed E-state index contributed by atoms with van der Waals surface area (Å²) in [6.45, 7) is 4.16. The van der Waals surface area contributed by atoms with Crippen LogP contribution >= 0.6 is 0 Å². The van der Waals surface area contributed by atoms with Crippen LogP contribution in [0.3, 0.4) is 0 Å². The third-order valence-electron chi connectivity index (χ3n) is 4.00. The molecule has 0 fully saturated rings. The van der Waals surface area contributed by atoms with Crippen LogP contribution in [0, 0.1) is 17.5 Å². The molecule has 0 aliphatic rings. The smallest absolute Gasteiger partial charge is 0.219 e. The van der Waals surface area contributed by atoms with E-state index in [1.165, 1.54) is 16.9 Å². The highest BCUT2D eigenvalue weighted by Crippen LogP contribution is 2.27. The average molecular weight is 334 g/mol. The third-order valence-corrected chi connectivity index (χ3v) is 4.00. The van der Waals surface area contributed by atoms with E-state index in [4.69, 9.17) is 0 Å². The van der Waals surface area contributed by atoms with Crippen LogP contribution in [0.4, 0.5) is 13.2 Å². The first-order valence-electron chi connectivity index (χ1n) is 7.90. The Bertz CT molecular complexity index is 852. The Labute approximate surface area is 137 Å². The maximum atomic E-state index is 13.9. The molecule has 0 amide bonds. The summed E-state index contributed by atoms with van der Waals surface area (Å²) in [6, 6.07) is 1.29. The first-order chi connectivity index (χ1) is 11.5. The van der Waals surface area contributed by atoms with Crippen molar-refractivity contribution in [2.45, 2.75) is 39.0 Å². The van der Waals surface area contributed by atoms with E-state index in [1.54, 1.807) is 0 Å². The van der Waals surface area contributed by atoms with Gasteiger partial charge in [0, 0.05) is 36.0 Å². The lowest BCUT2D eigenvalue weighted by Gasteiger charge is -2.07. The van der Waals surface area contributed by atoms with Crippen LogP contribution in [-0.2, 0) is 0 Å². The second-order valence-corrected chi connectivity index (χ2v) is 5.70. The molecular formula is C17H17F3N4. The fourth-order valence-electron chi connectivity index (χ4n) is 2.78. The van der Waals surface area contributed by atoms with Crippen molar-refractivity contribution in [2.75, 3.05) is 0 Å². The van der Waals surface area contributed by atoms with E-state index in [2.05, 4.69) is 28.9 Å². The number of hydrogen-bond donors (Lipinski definition) is 0. The topological polar surface area (TPSA) is 43.1 Å². The van der Waals surface area contributed by atoms with Gasteiger partial charge in [-0.1, -0.05) is 20.3 Å². The highest BCUT2D eigenvalue weighted by Gasteiger charge is 2.18. The summed E-state index contributed by atoms with van der Waals surface area (Å²) in [5, 5.41) is 4.39. The third kappa shape index (κ3) is 2.98. The van der Waals surface area contributed by atoms with Crippen LogP contribution in [0.5, 0.6) is 0 Å². The first kappa shape index (κ1) is 16.4. The highest BCUT2D eigenvalue weighted by molar-refractivity contribution is 5.64. The van der Waals surface area contributed by atoms with E-state index < -0.39 is 17.5 Å². The number of nitrogens with zero attached hydrogens (tertiary/aromatic N) is 4. The molecule has 0 spiro atoms. The Morgan fingerprint density at radius 1 is 1.12 bits per heavy atom. The minimum atomic E-state index is -0.980. The Kier molecular flexibility index (Phi) is 4.51. The van der Waals surface area contributed by atoms with E-state index >= 15 is 0 Å². The molecule has 2 aromatic heterocycles. The van der Waals surface area contributed by atoms with E-state index in [9.17, 15) is 13.2 Å². The molecule has 0 bridgehead atoms.